The fourth-order valence-electron chi connectivity index (χ4n) is 3.29. The van der Waals surface area contributed by atoms with Crippen LogP contribution in [-0.4, -0.2) is 32.1 Å². The van der Waals surface area contributed by atoms with Crippen LogP contribution in [0.4, 0.5) is 0 Å². The second kappa shape index (κ2) is 7.40. The number of nitrogens with one attached hydrogen (secondary N) is 1. The van der Waals surface area contributed by atoms with E-state index >= 15 is 0 Å². The maximum atomic E-state index is 13.2. The number of rotatable bonds is 6. The Hall–Kier alpha value is -3.25. The molecule has 4 rings (SSSR count). The van der Waals surface area contributed by atoms with Crippen molar-refractivity contribution in [2.75, 3.05) is 21.3 Å². The van der Waals surface area contributed by atoms with Gasteiger partial charge in [0.25, 0.3) is 0 Å². The maximum absolute atomic E-state index is 13.2. The number of aromatic nitrogens is 1. The highest BCUT2D eigenvalue weighted by molar-refractivity contribution is 7.08. The number of aromatic amines is 1. The van der Waals surface area contributed by atoms with Crippen LogP contribution in [0.25, 0.3) is 22.0 Å². The molecule has 6 heteroatoms. The third-order valence-electron chi connectivity index (χ3n) is 4.71. The van der Waals surface area contributed by atoms with E-state index in [9.17, 15) is 4.79 Å². The number of methoxy groups -OCH3 is 3. The molecule has 0 saturated carbocycles. The lowest BCUT2D eigenvalue weighted by Crippen LogP contribution is -2.03. The number of thiophene rings is 1. The Morgan fingerprint density at radius 1 is 0.929 bits per heavy atom. The highest BCUT2D eigenvalue weighted by Gasteiger charge is 2.20. The van der Waals surface area contributed by atoms with Gasteiger partial charge in [-0.3, -0.25) is 4.79 Å². The van der Waals surface area contributed by atoms with E-state index < -0.39 is 0 Å². The summed E-state index contributed by atoms with van der Waals surface area (Å²) in [6.07, 6.45) is 1.74. The molecule has 0 radical (unpaired) electrons. The minimum atomic E-state index is -0.117. The molecule has 142 valence electrons. The Balaban J connectivity index is 1.77. The van der Waals surface area contributed by atoms with Gasteiger partial charge in [-0.1, -0.05) is 12.1 Å². The zero-order valence-corrected chi connectivity index (χ0v) is 16.6. The summed E-state index contributed by atoms with van der Waals surface area (Å²) < 4.78 is 16.1. The number of benzene rings is 2. The Bertz CT molecular complexity index is 1120. The summed E-state index contributed by atoms with van der Waals surface area (Å²) in [4.78, 5) is 16.4. The average Bonchev–Trinajstić information content (AvgIpc) is 3.41. The molecule has 0 aliphatic heterocycles. The van der Waals surface area contributed by atoms with Crippen molar-refractivity contribution in [2.24, 2.45) is 0 Å². The van der Waals surface area contributed by atoms with Crippen LogP contribution < -0.4 is 14.2 Å². The summed E-state index contributed by atoms with van der Waals surface area (Å²) in [6, 6.07) is 11.5. The first-order chi connectivity index (χ1) is 13.7. The van der Waals surface area contributed by atoms with Gasteiger partial charge in [0.1, 0.15) is 0 Å². The van der Waals surface area contributed by atoms with Gasteiger partial charge in [0, 0.05) is 28.2 Å². The molecule has 2 aromatic heterocycles. The largest absolute Gasteiger partial charge is 0.493 e. The topological polar surface area (TPSA) is 60.6 Å². The lowest BCUT2D eigenvalue weighted by atomic mass is 10.00. The second-order valence-electron chi connectivity index (χ2n) is 6.22. The fourth-order valence-corrected chi connectivity index (χ4v) is 3.96. The molecule has 0 amide bonds. The Morgan fingerprint density at radius 2 is 1.68 bits per heavy atom. The van der Waals surface area contributed by atoms with Crippen molar-refractivity contribution in [3.8, 4) is 28.4 Å². The molecule has 4 aromatic rings. The zero-order chi connectivity index (χ0) is 19.7. The number of carbonyl (C=O) groups excluding carboxylic acids is 1. The third kappa shape index (κ3) is 3.01. The standard InChI is InChI=1S/C22H19NO4S/c1-25-19-9-15(10-20(26-2)22(19)27-3)21(24)17-11-23-18-8-13(4-5-16(17)18)14-6-7-28-12-14/h4-12,23H,1-3H3. The van der Waals surface area contributed by atoms with Crippen LogP contribution in [0.3, 0.4) is 0 Å². The summed E-state index contributed by atoms with van der Waals surface area (Å²) in [5, 5.41) is 5.03. The van der Waals surface area contributed by atoms with Gasteiger partial charge in [-0.05, 0) is 46.2 Å². The molecule has 0 saturated heterocycles. The summed E-state index contributed by atoms with van der Waals surface area (Å²) >= 11 is 1.66. The second-order valence-corrected chi connectivity index (χ2v) is 7.00. The first-order valence-corrected chi connectivity index (χ1v) is 9.59. The summed E-state index contributed by atoms with van der Waals surface area (Å²) in [5.41, 5.74) is 4.26. The van der Waals surface area contributed by atoms with Crippen LogP contribution in [0.1, 0.15) is 15.9 Å². The van der Waals surface area contributed by atoms with E-state index in [0.29, 0.717) is 28.4 Å². The van der Waals surface area contributed by atoms with Gasteiger partial charge in [-0.15, -0.1) is 0 Å². The highest BCUT2D eigenvalue weighted by Crippen LogP contribution is 2.39. The quantitative estimate of drug-likeness (QED) is 0.460. The van der Waals surface area contributed by atoms with Crippen molar-refractivity contribution in [1.82, 2.24) is 4.98 Å². The van der Waals surface area contributed by atoms with Crippen molar-refractivity contribution in [3.63, 3.8) is 0 Å². The van der Waals surface area contributed by atoms with E-state index in [1.54, 1.807) is 29.7 Å². The average molecular weight is 393 g/mol. The van der Waals surface area contributed by atoms with Crippen LogP contribution in [0.5, 0.6) is 17.2 Å². The number of ether oxygens (including phenoxy) is 3. The SMILES string of the molecule is COc1cc(C(=O)c2c[nH]c3cc(-c4ccsc4)ccc23)cc(OC)c1OC. The number of ketones is 1. The molecular weight excluding hydrogens is 374 g/mol. The van der Waals surface area contributed by atoms with Gasteiger partial charge in [0.2, 0.25) is 5.75 Å². The molecule has 28 heavy (non-hydrogen) atoms. The first-order valence-electron chi connectivity index (χ1n) is 8.64. The third-order valence-corrected chi connectivity index (χ3v) is 5.39. The number of carbonyl (C=O) groups is 1. The van der Waals surface area contributed by atoms with Crippen molar-refractivity contribution < 1.29 is 19.0 Å². The molecule has 0 spiro atoms. The Kier molecular flexibility index (Phi) is 4.79. The van der Waals surface area contributed by atoms with Crippen LogP contribution >= 0.6 is 11.3 Å². The maximum Gasteiger partial charge on any atom is 0.203 e. The highest BCUT2D eigenvalue weighted by atomic mass is 32.1. The number of hydrogen-bond acceptors (Lipinski definition) is 5. The van der Waals surface area contributed by atoms with Crippen molar-refractivity contribution in [2.45, 2.75) is 0 Å². The summed E-state index contributed by atoms with van der Waals surface area (Å²) in [5.74, 6) is 1.24. The lowest BCUT2D eigenvalue weighted by molar-refractivity contribution is 0.103. The van der Waals surface area contributed by atoms with Crippen LogP contribution in [-0.2, 0) is 0 Å². The molecule has 0 aliphatic carbocycles. The lowest BCUT2D eigenvalue weighted by Gasteiger charge is -2.13. The molecule has 0 bridgehead atoms. The van der Waals surface area contributed by atoms with E-state index in [0.717, 1.165) is 16.5 Å². The van der Waals surface area contributed by atoms with E-state index in [2.05, 4.69) is 22.5 Å². The van der Waals surface area contributed by atoms with Gasteiger partial charge in [-0.25, -0.2) is 0 Å². The molecule has 0 fully saturated rings. The van der Waals surface area contributed by atoms with Crippen LogP contribution in [0.2, 0.25) is 0 Å². The van der Waals surface area contributed by atoms with Gasteiger partial charge < -0.3 is 19.2 Å². The molecule has 0 unspecified atom stereocenters. The normalized spacial score (nSPS) is 10.8. The molecule has 5 nitrogen and oxygen atoms in total. The number of H-pyrrole nitrogens is 1. The van der Waals surface area contributed by atoms with E-state index in [-0.39, 0.29) is 5.78 Å². The van der Waals surface area contributed by atoms with Gasteiger partial charge >= 0.3 is 0 Å². The monoisotopic (exact) mass is 393 g/mol. The zero-order valence-electron chi connectivity index (χ0n) is 15.7. The van der Waals surface area contributed by atoms with Crippen molar-refractivity contribution >= 4 is 28.0 Å². The van der Waals surface area contributed by atoms with Crippen molar-refractivity contribution in [1.29, 1.82) is 0 Å². The molecule has 1 N–H and O–H groups in total. The first kappa shape index (κ1) is 18.1. The molecule has 0 aliphatic rings. The summed E-state index contributed by atoms with van der Waals surface area (Å²) in [7, 11) is 4.60. The van der Waals surface area contributed by atoms with Gasteiger partial charge in [-0.2, -0.15) is 11.3 Å². The van der Waals surface area contributed by atoms with Crippen molar-refractivity contribution in [3.05, 3.63) is 64.5 Å². The van der Waals surface area contributed by atoms with Crippen LogP contribution in [0, 0.1) is 0 Å². The van der Waals surface area contributed by atoms with Gasteiger partial charge in [0.05, 0.1) is 21.3 Å². The van der Waals surface area contributed by atoms with E-state index in [1.807, 2.05) is 17.5 Å². The smallest absolute Gasteiger partial charge is 0.203 e. The number of hydrogen-bond donors (Lipinski definition) is 1. The minimum absolute atomic E-state index is 0.117. The number of fused-ring (bicyclic) bond motifs is 1. The predicted octanol–water partition coefficient (Wildman–Crippen LogP) is 5.15. The minimum Gasteiger partial charge on any atom is -0.493 e. The van der Waals surface area contributed by atoms with Gasteiger partial charge in [0.15, 0.2) is 17.3 Å². The fraction of sp³-hybridized carbons (Fsp3) is 0.136. The Labute approximate surface area is 166 Å². The molecular formula is C22H19NO4S. The Morgan fingerprint density at radius 3 is 2.29 bits per heavy atom. The molecule has 0 atom stereocenters. The van der Waals surface area contributed by atoms with E-state index in [1.165, 1.54) is 26.9 Å². The summed E-state index contributed by atoms with van der Waals surface area (Å²) in [6.45, 7) is 0. The predicted molar refractivity (Wildman–Crippen MR) is 111 cm³/mol. The molecule has 2 heterocycles. The molecule has 2 aromatic carbocycles. The van der Waals surface area contributed by atoms with E-state index in [4.69, 9.17) is 14.2 Å². The van der Waals surface area contributed by atoms with Crippen LogP contribution in [0.15, 0.2) is 53.4 Å².